The van der Waals surface area contributed by atoms with Gasteiger partial charge in [-0.1, -0.05) is 5.16 Å². The average Bonchev–Trinajstić information content (AvgIpc) is 2.84. The molecule has 1 aromatic rings. The molecule has 1 aromatic heterocycles. The summed E-state index contributed by atoms with van der Waals surface area (Å²) in [6.45, 7) is 2.61. The van der Waals surface area contributed by atoms with Crippen molar-refractivity contribution >= 4 is 21.8 Å². The summed E-state index contributed by atoms with van der Waals surface area (Å²) in [6.07, 6.45) is 1.18. The largest absolute Gasteiger partial charge is 0.350 e. The Hall–Kier alpha value is -0.880. The van der Waals surface area contributed by atoms with Gasteiger partial charge < -0.3 is 14.7 Å². The van der Waals surface area contributed by atoms with Gasteiger partial charge >= 0.3 is 0 Å². The Morgan fingerprint density at radius 3 is 3.19 bits per heavy atom. The number of likely N-dealkylation sites (tertiary alicyclic amines) is 1. The summed E-state index contributed by atoms with van der Waals surface area (Å²) in [5, 5.41) is 7.08. The van der Waals surface area contributed by atoms with Crippen LogP contribution in [-0.4, -0.2) is 41.6 Å². The molecule has 2 fully saturated rings. The Bertz CT molecular complexity index is 408. The first-order valence-electron chi connectivity index (χ1n) is 5.37. The fourth-order valence-electron chi connectivity index (χ4n) is 2.51. The minimum absolute atomic E-state index is 0.0587. The Morgan fingerprint density at radius 1 is 1.62 bits per heavy atom. The maximum absolute atomic E-state index is 12.1. The van der Waals surface area contributed by atoms with Gasteiger partial charge in [0.1, 0.15) is 4.60 Å². The monoisotopic (exact) mass is 285 g/mol. The van der Waals surface area contributed by atoms with Crippen LogP contribution in [0.5, 0.6) is 0 Å². The van der Waals surface area contributed by atoms with E-state index in [0.717, 1.165) is 19.6 Å². The van der Waals surface area contributed by atoms with Crippen molar-refractivity contribution in [3.8, 4) is 0 Å². The second kappa shape index (κ2) is 3.85. The van der Waals surface area contributed by atoms with Crippen molar-refractivity contribution in [1.82, 2.24) is 15.4 Å². The number of hydrogen-bond acceptors (Lipinski definition) is 4. The van der Waals surface area contributed by atoms with Gasteiger partial charge in [-0.2, -0.15) is 0 Å². The number of halogens is 1. The normalized spacial score (nSPS) is 28.4. The molecule has 3 rings (SSSR count). The summed E-state index contributed by atoms with van der Waals surface area (Å²) >= 11 is 3.17. The van der Waals surface area contributed by atoms with Crippen molar-refractivity contribution in [3.63, 3.8) is 0 Å². The van der Waals surface area contributed by atoms with Crippen LogP contribution in [-0.2, 0) is 0 Å². The number of amides is 1. The van der Waals surface area contributed by atoms with Gasteiger partial charge in [-0.05, 0) is 28.3 Å². The molecule has 86 valence electrons. The molecule has 1 N–H and O–H groups in total. The van der Waals surface area contributed by atoms with E-state index in [1.807, 2.05) is 4.90 Å². The molecule has 2 aliphatic heterocycles. The van der Waals surface area contributed by atoms with Crippen molar-refractivity contribution in [2.75, 3.05) is 19.6 Å². The number of nitrogens with one attached hydrogen (secondary N) is 1. The van der Waals surface area contributed by atoms with Crippen LogP contribution in [0, 0.1) is 5.92 Å². The lowest BCUT2D eigenvalue weighted by Crippen LogP contribution is -2.44. The van der Waals surface area contributed by atoms with E-state index in [9.17, 15) is 4.79 Å². The van der Waals surface area contributed by atoms with Crippen LogP contribution in [0.1, 0.15) is 17.0 Å². The Balaban J connectivity index is 1.76. The topological polar surface area (TPSA) is 58.4 Å². The van der Waals surface area contributed by atoms with E-state index in [1.54, 1.807) is 6.07 Å². The Kier molecular flexibility index (Phi) is 2.48. The molecule has 2 aliphatic rings. The molecule has 0 spiro atoms. The third kappa shape index (κ3) is 1.76. The molecule has 0 saturated carbocycles. The SMILES string of the molecule is O=C(c1cc(Br)no1)N1C[C@H]2CN[C@H](C2)C1. The maximum atomic E-state index is 12.1. The van der Waals surface area contributed by atoms with Gasteiger partial charge in [0, 0.05) is 31.7 Å². The standard InChI is InChI=1S/C10H12BrN3O2/c11-9-2-8(16-13-9)10(15)14-4-6-1-7(5-14)12-3-6/h2,6-7,12H,1,3-5H2/t6-,7-/m1/s1. The second-order valence-corrected chi connectivity index (χ2v) is 5.24. The van der Waals surface area contributed by atoms with E-state index in [2.05, 4.69) is 26.4 Å². The van der Waals surface area contributed by atoms with Crippen LogP contribution in [0.4, 0.5) is 0 Å². The van der Waals surface area contributed by atoms with Crippen molar-refractivity contribution in [2.45, 2.75) is 12.5 Å². The van der Waals surface area contributed by atoms with Gasteiger partial charge in [0.05, 0.1) is 0 Å². The molecule has 5 nitrogen and oxygen atoms in total. The second-order valence-electron chi connectivity index (χ2n) is 4.43. The highest BCUT2D eigenvalue weighted by Crippen LogP contribution is 2.24. The molecule has 6 heteroatoms. The van der Waals surface area contributed by atoms with E-state index < -0.39 is 0 Å². The first kappa shape index (κ1) is 10.3. The predicted molar refractivity (Wildman–Crippen MR) is 60.0 cm³/mol. The third-order valence-electron chi connectivity index (χ3n) is 3.21. The lowest BCUT2D eigenvalue weighted by atomic mass is 10.00. The lowest BCUT2D eigenvalue weighted by molar-refractivity contribution is 0.0649. The number of aromatic nitrogens is 1. The summed E-state index contributed by atoms with van der Waals surface area (Å²) in [4.78, 5) is 13.9. The summed E-state index contributed by atoms with van der Waals surface area (Å²) in [7, 11) is 0. The van der Waals surface area contributed by atoms with Crippen LogP contribution in [0.15, 0.2) is 15.2 Å². The average molecular weight is 286 g/mol. The third-order valence-corrected chi connectivity index (χ3v) is 3.59. The number of piperidine rings is 1. The summed E-state index contributed by atoms with van der Waals surface area (Å²) in [5.41, 5.74) is 0. The number of rotatable bonds is 1. The first-order chi connectivity index (χ1) is 7.72. The molecule has 2 atom stereocenters. The molecule has 0 aromatic carbocycles. The van der Waals surface area contributed by atoms with Crippen LogP contribution in [0.3, 0.4) is 0 Å². The van der Waals surface area contributed by atoms with Crippen molar-refractivity contribution in [3.05, 3.63) is 16.4 Å². The van der Waals surface area contributed by atoms with Gasteiger partial charge in [-0.25, -0.2) is 0 Å². The van der Waals surface area contributed by atoms with Crippen LogP contribution in [0.2, 0.25) is 0 Å². The molecular weight excluding hydrogens is 274 g/mol. The highest BCUT2D eigenvalue weighted by Gasteiger charge is 2.35. The number of nitrogens with zero attached hydrogens (tertiary/aromatic N) is 2. The molecule has 1 amide bonds. The van der Waals surface area contributed by atoms with Gasteiger partial charge in [0.15, 0.2) is 0 Å². The quantitative estimate of drug-likeness (QED) is 0.832. The smallest absolute Gasteiger partial charge is 0.292 e. The molecular formula is C10H12BrN3O2. The molecule has 2 bridgehead atoms. The molecule has 0 radical (unpaired) electrons. The van der Waals surface area contributed by atoms with E-state index >= 15 is 0 Å². The fraction of sp³-hybridized carbons (Fsp3) is 0.600. The summed E-state index contributed by atoms with van der Waals surface area (Å²) in [6, 6.07) is 2.07. The summed E-state index contributed by atoms with van der Waals surface area (Å²) < 4.78 is 5.53. The van der Waals surface area contributed by atoms with E-state index in [1.165, 1.54) is 6.42 Å². The van der Waals surface area contributed by atoms with E-state index in [-0.39, 0.29) is 5.91 Å². The van der Waals surface area contributed by atoms with Gasteiger partial charge in [-0.15, -0.1) is 0 Å². The van der Waals surface area contributed by atoms with Crippen molar-refractivity contribution in [1.29, 1.82) is 0 Å². The minimum Gasteiger partial charge on any atom is -0.350 e. The van der Waals surface area contributed by atoms with E-state index in [0.29, 0.717) is 22.3 Å². The zero-order valence-electron chi connectivity index (χ0n) is 8.65. The zero-order chi connectivity index (χ0) is 11.1. The molecule has 16 heavy (non-hydrogen) atoms. The zero-order valence-corrected chi connectivity index (χ0v) is 10.2. The Labute approximate surface area is 101 Å². The van der Waals surface area contributed by atoms with Crippen molar-refractivity contribution < 1.29 is 9.32 Å². The predicted octanol–water partition coefficient (Wildman–Crippen LogP) is 0.871. The lowest BCUT2D eigenvalue weighted by Gasteiger charge is -2.30. The minimum atomic E-state index is -0.0587. The van der Waals surface area contributed by atoms with Crippen LogP contribution >= 0.6 is 15.9 Å². The fourth-order valence-corrected chi connectivity index (χ4v) is 2.79. The number of carbonyl (C=O) groups excluding carboxylic acids is 1. The van der Waals surface area contributed by atoms with Gasteiger partial charge in [0.2, 0.25) is 5.76 Å². The highest BCUT2D eigenvalue weighted by atomic mass is 79.9. The van der Waals surface area contributed by atoms with Gasteiger partial charge in [0.25, 0.3) is 5.91 Å². The highest BCUT2D eigenvalue weighted by molar-refractivity contribution is 9.10. The van der Waals surface area contributed by atoms with E-state index in [4.69, 9.17) is 4.52 Å². The molecule has 0 unspecified atom stereocenters. The van der Waals surface area contributed by atoms with Crippen LogP contribution in [0.25, 0.3) is 0 Å². The molecule has 2 saturated heterocycles. The molecule has 0 aliphatic carbocycles. The number of fused-ring (bicyclic) bond motifs is 2. The van der Waals surface area contributed by atoms with Crippen molar-refractivity contribution in [2.24, 2.45) is 5.92 Å². The first-order valence-corrected chi connectivity index (χ1v) is 6.16. The maximum Gasteiger partial charge on any atom is 0.292 e. The summed E-state index contributed by atoms with van der Waals surface area (Å²) in [5.74, 6) is 0.846. The molecule has 3 heterocycles. The number of hydrogen-bond donors (Lipinski definition) is 1. The van der Waals surface area contributed by atoms with Crippen LogP contribution < -0.4 is 5.32 Å². The van der Waals surface area contributed by atoms with Gasteiger partial charge in [-0.3, -0.25) is 4.79 Å². The Morgan fingerprint density at radius 2 is 2.50 bits per heavy atom. The number of carbonyl (C=O) groups is 1.